The summed E-state index contributed by atoms with van der Waals surface area (Å²) in [4.78, 5) is 19.4. The van der Waals surface area contributed by atoms with E-state index in [0.717, 1.165) is 5.69 Å². The Balaban J connectivity index is 1.83. The monoisotopic (exact) mass is 244 g/mol. The Labute approximate surface area is 104 Å². The normalized spacial score (nSPS) is 9.61. The Kier molecular flexibility index (Phi) is 3.70. The Bertz CT molecular complexity index is 513. The highest BCUT2D eigenvalue weighted by molar-refractivity contribution is 5.71. The number of hydrazine groups is 1. The molecule has 2 aromatic rings. The number of amides is 1. The predicted molar refractivity (Wildman–Crippen MR) is 66.0 cm³/mol. The first-order valence-electron chi connectivity index (χ1n) is 5.31. The minimum Gasteiger partial charge on any atom is -0.409 e. The van der Waals surface area contributed by atoms with E-state index in [1.54, 1.807) is 30.5 Å². The van der Waals surface area contributed by atoms with Gasteiger partial charge in [0, 0.05) is 0 Å². The minimum atomic E-state index is -0.622. The fraction of sp³-hybridized carbons (Fsp3) is 0.0833. The Morgan fingerprint density at radius 3 is 2.61 bits per heavy atom. The van der Waals surface area contributed by atoms with Gasteiger partial charge in [-0.25, -0.2) is 15.2 Å². The summed E-state index contributed by atoms with van der Waals surface area (Å²) in [6.45, 7) is 1.83. The second kappa shape index (κ2) is 5.62. The van der Waals surface area contributed by atoms with Gasteiger partial charge in [-0.1, -0.05) is 18.2 Å². The lowest BCUT2D eigenvalue weighted by Gasteiger charge is -2.07. The van der Waals surface area contributed by atoms with E-state index in [2.05, 4.69) is 20.8 Å². The summed E-state index contributed by atoms with van der Waals surface area (Å²) in [6, 6.07) is 8.77. The first-order chi connectivity index (χ1) is 8.74. The van der Waals surface area contributed by atoms with Gasteiger partial charge in [0.15, 0.2) is 5.82 Å². The van der Waals surface area contributed by atoms with Crippen LogP contribution in [0.2, 0.25) is 0 Å². The molecule has 0 fully saturated rings. The zero-order valence-corrected chi connectivity index (χ0v) is 9.75. The minimum absolute atomic E-state index is 0.436. The van der Waals surface area contributed by atoms with Crippen LogP contribution in [-0.2, 0) is 0 Å². The number of benzene rings is 1. The fourth-order valence-electron chi connectivity index (χ4n) is 1.19. The zero-order valence-electron chi connectivity index (χ0n) is 9.75. The number of carbonyl (C=O) groups is 1. The average Bonchev–Trinajstić information content (AvgIpc) is 2.39. The number of aromatic nitrogens is 2. The van der Waals surface area contributed by atoms with Crippen molar-refractivity contribution in [3.05, 3.63) is 48.4 Å². The number of hydrogen-bond acceptors (Lipinski definition) is 5. The van der Waals surface area contributed by atoms with Crippen LogP contribution in [0.5, 0.6) is 5.75 Å². The van der Waals surface area contributed by atoms with E-state index in [1.165, 1.54) is 6.20 Å². The zero-order chi connectivity index (χ0) is 12.8. The van der Waals surface area contributed by atoms with Crippen molar-refractivity contribution in [2.75, 3.05) is 5.43 Å². The molecule has 2 rings (SSSR count). The van der Waals surface area contributed by atoms with Crippen LogP contribution in [0.3, 0.4) is 0 Å². The molecule has 0 aliphatic heterocycles. The van der Waals surface area contributed by atoms with Crippen molar-refractivity contribution in [1.29, 1.82) is 0 Å². The van der Waals surface area contributed by atoms with Crippen LogP contribution >= 0.6 is 0 Å². The van der Waals surface area contributed by atoms with Gasteiger partial charge in [0.05, 0.1) is 18.1 Å². The number of hydrogen-bond donors (Lipinski definition) is 2. The molecule has 0 bridgehead atoms. The second-order valence-electron chi connectivity index (χ2n) is 3.50. The first-order valence-corrected chi connectivity index (χ1v) is 5.31. The number of nitrogens with one attached hydrogen (secondary N) is 2. The lowest BCUT2D eigenvalue weighted by atomic mass is 10.3. The summed E-state index contributed by atoms with van der Waals surface area (Å²) in [5.41, 5.74) is 5.75. The number of para-hydroxylation sites is 1. The second-order valence-corrected chi connectivity index (χ2v) is 3.50. The highest BCUT2D eigenvalue weighted by Crippen LogP contribution is 2.08. The van der Waals surface area contributed by atoms with Gasteiger partial charge in [-0.2, -0.15) is 0 Å². The Morgan fingerprint density at radius 2 is 1.94 bits per heavy atom. The van der Waals surface area contributed by atoms with Crippen molar-refractivity contribution >= 4 is 11.9 Å². The average molecular weight is 244 g/mol. The molecule has 6 nitrogen and oxygen atoms in total. The van der Waals surface area contributed by atoms with E-state index in [0.29, 0.717) is 11.6 Å². The molecule has 6 heteroatoms. The van der Waals surface area contributed by atoms with E-state index in [-0.39, 0.29) is 0 Å². The summed E-state index contributed by atoms with van der Waals surface area (Å²) in [5.74, 6) is 0.900. The molecule has 2 N–H and O–H groups in total. The molecule has 0 unspecified atom stereocenters. The molecule has 1 amide bonds. The van der Waals surface area contributed by atoms with Crippen molar-refractivity contribution in [3.8, 4) is 5.75 Å². The van der Waals surface area contributed by atoms with Crippen LogP contribution in [0.15, 0.2) is 42.7 Å². The van der Waals surface area contributed by atoms with Crippen LogP contribution in [0.1, 0.15) is 5.69 Å². The summed E-state index contributed by atoms with van der Waals surface area (Å²) in [7, 11) is 0. The van der Waals surface area contributed by atoms with E-state index < -0.39 is 6.09 Å². The number of ether oxygens (including phenoxy) is 1. The highest BCUT2D eigenvalue weighted by Gasteiger charge is 2.03. The lowest BCUT2D eigenvalue weighted by molar-refractivity contribution is 0.203. The third kappa shape index (κ3) is 3.44. The molecule has 0 spiro atoms. The predicted octanol–water partition coefficient (Wildman–Crippen LogP) is 1.90. The largest absolute Gasteiger partial charge is 0.431 e. The smallest absolute Gasteiger partial charge is 0.409 e. The van der Waals surface area contributed by atoms with Gasteiger partial charge >= 0.3 is 6.09 Å². The molecule has 0 aliphatic carbocycles. The molecule has 18 heavy (non-hydrogen) atoms. The van der Waals surface area contributed by atoms with Gasteiger partial charge in [-0.15, -0.1) is 0 Å². The number of carbonyl (C=O) groups excluding carboxylic acids is 1. The summed E-state index contributed by atoms with van der Waals surface area (Å²) in [6.07, 6.45) is 2.48. The maximum absolute atomic E-state index is 11.4. The fourth-order valence-corrected chi connectivity index (χ4v) is 1.19. The number of anilines is 1. The molecular weight excluding hydrogens is 232 g/mol. The third-order valence-corrected chi connectivity index (χ3v) is 2.03. The Morgan fingerprint density at radius 1 is 1.17 bits per heavy atom. The van der Waals surface area contributed by atoms with Crippen molar-refractivity contribution in [1.82, 2.24) is 15.4 Å². The van der Waals surface area contributed by atoms with E-state index >= 15 is 0 Å². The summed E-state index contributed by atoms with van der Waals surface area (Å²) < 4.78 is 5.00. The summed E-state index contributed by atoms with van der Waals surface area (Å²) in [5, 5.41) is 0. The van der Waals surface area contributed by atoms with Gasteiger partial charge in [0.25, 0.3) is 0 Å². The van der Waals surface area contributed by atoms with E-state index in [4.69, 9.17) is 4.74 Å². The quantitative estimate of drug-likeness (QED) is 0.806. The molecule has 0 saturated heterocycles. The van der Waals surface area contributed by atoms with Gasteiger partial charge in [-0.3, -0.25) is 10.4 Å². The van der Waals surface area contributed by atoms with Gasteiger partial charge in [0.2, 0.25) is 0 Å². The van der Waals surface area contributed by atoms with Crippen molar-refractivity contribution in [2.24, 2.45) is 0 Å². The SMILES string of the molecule is Cc1cnc(NNC(=O)Oc2ccccc2)cn1. The van der Waals surface area contributed by atoms with Crippen molar-refractivity contribution in [3.63, 3.8) is 0 Å². The number of aryl methyl sites for hydroxylation is 1. The van der Waals surface area contributed by atoms with Crippen molar-refractivity contribution in [2.45, 2.75) is 6.92 Å². The maximum atomic E-state index is 11.4. The molecule has 1 aromatic carbocycles. The lowest BCUT2D eigenvalue weighted by Crippen LogP contribution is -2.32. The third-order valence-electron chi connectivity index (χ3n) is 2.03. The van der Waals surface area contributed by atoms with Gasteiger partial charge in [0.1, 0.15) is 5.75 Å². The standard InChI is InChI=1S/C12H12N4O2/c1-9-7-14-11(8-13-9)15-16-12(17)18-10-5-3-2-4-6-10/h2-8H,1H3,(H,14,15)(H,16,17). The summed E-state index contributed by atoms with van der Waals surface area (Å²) >= 11 is 0. The highest BCUT2D eigenvalue weighted by atomic mass is 16.6. The van der Waals surface area contributed by atoms with Crippen LogP contribution < -0.4 is 15.6 Å². The van der Waals surface area contributed by atoms with Crippen LogP contribution in [0, 0.1) is 6.92 Å². The molecule has 0 aliphatic rings. The Hall–Kier alpha value is -2.63. The van der Waals surface area contributed by atoms with Gasteiger partial charge in [-0.05, 0) is 19.1 Å². The number of rotatable bonds is 3. The maximum Gasteiger partial charge on any atom is 0.431 e. The molecule has 0 atom stereocenters. The molecule has 1 aromatic heterocycles. The first kappa shape index (κ1) is 11.8. The molecule has 92 valence electrons. The molecule has 1 heterocycles. The molecular formula is C12H12N4O2. The molecule has 0 saturated carbocycles. The van der Waals surface area contributed by atoms with Crippen LogP contribution in [-0.4, -0.2) is 16.1 Å². The van der Waals surface area contributed by atoms with E-state index in [1.807, 2.05) is 13.0 Å². The molecule has 0 radical (unpaired) electrons. The van der Waals surface area contributed by atoms with Gasteiger partial charge < -0.3 is 4.74 Å². The van der Waals surface area contributed by atoms with E-state index in [9.17, 15) is 4.79 Å². The van der Waals surface area contributed by atoms with Crippen LogP contribution in [0.25, 0.3) is 0 Å². The van der Waals surface area contributed by atoms with Crippen LogP contribution in [0.4, 0.5) is 10.6 Å². The number of nitrogens with zero attached hydrogens (tertiary/aromatic N) is 2. The van der Waals surface area contributed by atoms with Crippen molar-refractivity contribution < 1.29 is 9.53 Å². The topological polar surface area (TPSA) is 76.1 Å².